The number of rotatable bonds is 2. The van der Waals surface area contributed by atoms with Crippen molar-refractivity contribution in [1.29, 1.82) is 0 Å². The highest BCUT2D eigenvalue weighted by Gasteiger charge is 2.23. The number of aryl methyl sites for hydroxylation is 1. The van der Waals surface area contributed by atoms with Gasteiger partial charge in [-0.2, -0.15) is 0 Å². The lowest BCUT2D eigenvalue weighted by atomic mass is 9.98. The highest BCUT2D eigenvalue weighted by atomic mass is 16.3. The summed E-state index contributed by atoms with van der Waals surface area (Å²) in [7, 11) is 0. The highest BCUT2D eigenvalue weighted by Crippen LogP contribution is 2.19. The molecule has 0 saturated heterocycles. The van der Waals surface area contributed by atoms with Crippen LogP contribution in [0.4, 0.5) is 0 Å². The quantitative estimate of drug-likeness (QED) is 0.674. The minimum Gasteiger partial charge on any atom is -0.383 e. The van der Waals surface area contributed by atoms with Crippen LogP contribution in [0.2, 0.25) is 0 Å². The van der Waals surface area contributed by atoms with E-state index in [2.05, 4.69) is 4.98 Å². The zero-order chi connectivity index (χ0) is 9.19. The van der Waals surface area contributed by atoms with Gasteiger partial charge in [-0.15, -0.1) is 0 Å². The van der Waals surface area contributed by atoms with Gasteiger partial charge in [0.05, 0.1) is 5.69 Å². The van der Waals surface area contributed by atoms with E-state index in [0.717, 1.165) is 5.56 Å². The van der Waals surface area contributed by atoms with Crippen molar-refractivity contribution >= 4 is 0 Å². The molecule has 0 fully saturated rings. The molecule has 0 aliphatic carbocycles. The van der Waals surface area contributed by atoms with Gasteiger partial charge < -0.3 is 10.8 Å². The molecule has 1 aromatic heterocycles. The summed E-state index contributed by atoms with van der Waals surface area (Å²) < 4.78 is 0. The van der Waals surface area contributed by atoms with Crippen molar-refractivity contribution in [2.24, 2.45) is 5.73 Å². The van der Waals surface area contributed by atoms with Crippen molar-refractivity contribution in [3.8, 4) is 0 Å². The Hall–Kier alpha value is -0.930. The van der Waals surface area contributed by atoms with Crippen LogP contribution in [0, 0.1) is 6.92 Å². The van der Waals surface area contributed by atoms with Crippen molar-refractivity contribution in [3.63, 3.8) is 0 Å². The van der Waals surface area contributed by atoms with E-state index >= 15 is 0 Å². The maximum Gasteiger partial charge on any atom is 0.116 e. The van der Waals surface area contributed by atoms with E-state index in [1.165, 1.54) is 0 Å². The molecule has 0 aliphatic rings. The molecular formula is C9H14N2O. The Morgan fingerprint density at radius 2 is 2.33 bits per heavy atom. The van der Waals surface area contributed by atoms with Crippen molar-refractivity contribution < 1.29 is 5.11 Å². The maximum absolute atomic E-state index is 9.79. The van der Waals surface area contributed by atoms with Gasteiger partial charge in [0.15, 0.2) is 0 Å². The number of pyridine rings is 1. The second-order valence-electron chi connectivity index (χ2n) is 3.15. The minimum absolute atomic E-state index is 0.185. The summed E-state index contributed by atoms with van der Waals surface area (Å²) in [5, 5.41) is 9.79. The summed E-state index contributed by atoms with van der Waals surface area (Å²) in [6.07, 6.45) is 1.66. The first-order valence-electron chi connectivity index (χ1n) is 3.92. The fraction of sp³-hybridized carbons (Fsp3) is 0.444. The number of nitrogens with zero attached hydrogens (tertiary/aromatic N) is 1. The van der Waals surface area contributed by atoms with Crippen molar-refractivity contribution in [2.75, 3.05) is 6.54 Å². The zero-order valence-electron chi connectivity index (χ0n) is 7.41. The monoisotopic (exact) mass is 166 g/mol. The van der Waals surface area contributed by atoms with Gasteiger partial charge in [-0.3, -0.25) is 4.98 Å². The summed E-state index contributed by atoms with van der Waals surface area (Å²) in [6.45, 7) is 3.76. The SMILES string of the molecule is Cc1cccnc1C(C)(O)CN. The lowest BCUT2D eigenvalue weighted by molar-refractivity contribution is 0.0615. The molecule has 1 unspecified atom stereocenters. The van der Waals surface area contributed by atoms with Crippen LogP contribution in [0.25, 0.3) is 0 Å². The van der Waals surface area contributed by atoms with E-state index in [0.29, 0.717) is 5.69 Å². The Morgan fingerprint density at radius 1 is 1.67 bits per heavy atom. The zero-order valence-corrected chi connectivity index (χ0v) is 7.41. The molecule has 0 aliphatic heterocycles. The summed E-state index contributed by atoms with van der Waals surface area (Å²) in [5.41, 5.74) is 6.03. The first-order valence-corrected chi connectivity index (χ1v) is 3.92. The van der Waals surface area contributed by atoms with E-state index in [1.54, 1.807) is 13.1 Å². The molecule has 3 heteroatoms. The number of hydrogen-bond donors (Lipinski definition) is 2. The van der Waals surface area contributed by atoms with Crippen LogP contribution in [-0.2, 0) is 5.60 Å². The molecule has 1 aromatic rings. The van der Waals surface area contributed by atoms with Gasteiger partial charge in [-0.1, -0.05) is 6.07 Å². The van der Waals surface area contributed by atoms with Crippen LogP contribution < -0.4 is 5.73 Å². The number of nitrogens with two attached hydrogens (primary N) is 1. The van der Waals surface area contributed by atoms with Gasteiger partial charge in [-0.05, 0) is 25.5 Å². The summed E-state index contributed by atoms with van der Waals surface area (Å²) in [4.78, 5) is 4.09. The average molecular weight is 166 g/mol. The van der Waals surface area contributed by atoms with Gasteiger partial charge >= 0.3 is 0 Å². The smallest absolute Gasteiger partial charge is 0.116 e. The average Bonchev–Trinajstić information content (AvgIpc) is 2.05. The number of aliphatic hydroxyl groups is 1. The third kappa shape index (κ3) is 1.62. The number of aromatic nitrogens is 1. The molecule has 3 N–H and O–H groups in total. The topological polar surface area (TPSA) is 59.1 Å². The molecule has 1 atom stereocenters. The van der Waals surface area contributed by atoms with Crippen molar-refractivity contribution in [2.45, 2.75) is 19.4 Å². The fourth-order valence-corrected chi connectivity index (χ4v) is 1.15. The van der Waals surface area contributed by atoms with Crippen LogP contribution in [0.3, 0.4) is 0 Å². The third-order valence-corrected chi connectivity index (χ3v) is 1.92. The molecule has 66 valence electrons. The standard InChI is InChI=1S/C9H14N2O/c1-7-4-3-5-11-8(7)9(2,12)6-10/h3-5,12H,6,10H2,1-2H3. The lowest BCUT2D eigenvalue weighted by Crippen LogP contribution is -2.33. The Labute approximate surface area is 72.2 Å². The molecule has 0 spiro atoms. The normalized spacial score (nSPS) is 15.7. The molecule has 12 heavy (non-hydrogen) atoms. The van der Waals surface area contributed by atoms with Crippen LogP contribution in [0.15, 0.2) is 18.3 Å². The molecule has 0 aromatic carbocycles. The number of hydrogen-bond acceptors (Lipinski definition) is 3. The van der Waals surface area contributed by atoms with Crippen LogP contribution in [0.5, 0.6) is 0 Å². The molecule has 0 radical (unpaired) electrons. The molecule has 0 saturated carbocycles. The van der Waals surface area contributed by atoms with Gasteiger partial charge in [0, 0.05) is 12.7 Å². The summed E-state index contributed by atoms with van der Waals surface area (Å²) in [6, 6.07) is 3.75. The fourth-order valence-electron chi connectivity index (χ4n) is 1.15. The van der Waals surface area contributed by atoms with Crippen LogP contribution in [-0.4, -0.2) is 16.6 Å². The van der Waals surface area contributed by atoms with Crippen molar-refractivity contribution in [3.05, 3.63) is 29.6 Å². The van der Waals surface area contributed by atoms with Crippen molar-refractivity contribution in [1.82, 2.24) is 4.98 Å². The Kier molecular flexibility index (Phi) is 2.45. The van der Waals surface area contributed by atoms with Gasteiger partial charge in [0.25, 0.3) is 0 Å². The second-order valence-corrected chi connectivity index (χ2v) is 3.15. The lowest BCUT2D eigenvalue weighted by Gasteiger charge is -2.21. The summed E-state index contributed by atoms with van der Waals surface area (Å²) >= 11 is 0. The van der Waals surface area contributed by atoms with E-state index in [9.17, 15) is 5.11 Å². The molecule has 0 amide bonds. The second kappa shape index (κ2) is 3.21. The first-order chi connectivity index (χ1) is 5.58. The van der Waals surface area contributed by atoms with Crippen LogP contribution >= 0.6 is 0 Å². The Morgan fingerprint density at radius 3 is 2.83 bits per heavy atom. The maximum atomic E-state index is 9.79. The van der Waals surface area contributed by atoms with Gasteiger partial charge in [0.1, 0.15) is 5.60 Å². The molecule has 1 heterocycles. The summed E-state index contributed by atoms with van der Waals surface area (Å²) in [5.74, 6) is 0. The first kappa shape index (κ1) is 9.16. The highest BCUT2D eigenvalue weighted by molar-refractivity contribution is 5.23. The van der Waals surface area contributed by atoms with Crippen LogP contribution in [0.1, 0.15) is 18.2 Å². The molecule has 1 rings (SSSR count). The van der Waals surface area contributed by atoms with E-state index in [4.69, 9.17) is 5.73 Å². The van der Waals surface area contributed by atoms with E-state index in [1.807, 2.05) is 19.1 Å². The largest absolute Gasteiger partial charge is 0.383 e. The van der Waals surface area contributed by atoms with E-state index < -0.39 is 5.60 Å². The Bertz CT molecular complexity index is 271. The third-order valence-electron chi connectivity index (χ3n) is 1.92. The molecular weight excluding hydrogens is 152 g/mol. The van der Waals surface area contributed by atoms with Gasteiger partial charge in [0.2, 0.25) is 0 Å². The predicted molar refractivity (Wildman–Crippen MR) is 47.6 cm³/mol. The van der Waals surface area contributed by atoms with E-state index in [-0.39, 0.29) is 6.54 Å². The predicted octanol–water partition coefficient (Wildman–Crippen LogP) is 0.556. The minimum atomic E-state index is -1.01. The molecule has 0 bridgehead atoms. The Balaban J connectivity index is 3.10. The van der Waals surface area contributed by atoms with Gasteiger partial charge in [-0.25, -0.2) is 0 Å². The molecule has 3 nitrogen and oxygen atoms in total.